The van der Waals surface area contributed by atoms with Crippen molar-refractivity contribution in [3.63, 3.8) is 0 Å². The molecule has 0 bridgehead atoms. The van der Waals surface area contributed by atoms with E-state index in [9.17, 15) is 25.0 Å². The number of carbonyl (C=O) groups is 1. The normalized spacial score (nSPS) is 10.8. The van der Waals surface area contributed by atoms with Gasteiger partial charge in [0.15, 0.2) is 0 Å². The first kappa shape index (κ1) is 19.9. The van der Waals surface area contributed by atoms with Gasteiger partial charge in [0.2, 0.25) is 0 Å². The highest BCUT2D eigenvalue weighted by Crippen LogP contribution is 2.32. The summed E-state index contributed by atoms with van der Waals surface area (Å²) in [4.78, 5) is 32.4. The van der Waals surface area contributed by atoms with Gasteiger partial charge in [-0.1, -0.05) is 0 Å². The van der Waals surface area contributed by atoms with Crippen molar-refractivity contribution in [1.82, 2.24) is 5.43 Å². The quantitative estimate of drug-likeness (QED) is 0.331. The number of hydrogen-bond acceptors (Lipinski definition) is 7. The summed E-state index contributed by atoms with van der Waals surface area (Å²) in [5.41, 5.74) is 2.95. The summed E-state index contributed by atoms with van der Waals surface area (Å²) in [6, 6.07) is 12.6. The molecule has 1 amide bonds. The number of nitrogens with zero attached hydrogens (tertiary/aromatic N) is 3. The van der Waals surface area contributed by atoms with Crippen LogP contribution in [-0.2, 0) is 0 Å². The van der Waals surface area contributed by atoms with Crippen LogP contribution in [0, 0.1) is 20.2 Å². The largest absolute Gasteiger partial charge is 0.455 e. The number of nitrogens with one attached hydrogen (secondary N) is 1. The number of hydrogen-bond donors (Lipinski definition) is 1. The van der Waals surface area contributed by atoms with Crippen molar-refractivity contribution in [1.29, 1.82) is 0 Å². The average molecular weight is 459 g/mol. The number of furan rings is 1. The third-order valence-electron chi connectivity index (χ3n) is 3.75. The summed E-state index contributed by atoms with van der Waals surface area (Å²) in [6.07, 6.45) is 1.28. The number of halogens is 1. The molecule has 3 rings (SSSR count). The van der Waals surface area contributed by atoms with Gasteiger partial charge in [-0.25, -0.2) is 5.43 Å². The van der Waals surface area contributed by atoms with E-state index in [4.69, 9.17) is 4.42 Å². The first-order valence-corrected chi connectivity index (χ1v) is 8.76. The van der Waals surface area contributed by atoms with E-state index in [1.54, 1.807) is 18.2 Å². The van der Waals surface area contributed by atoms with Gasteiger partial charge in [-0.2, -0.15) is 5.10 Å². The van der Waals surface area contributed by atoms with Gasteiger partial charge in [-0.05, 0) is 46.3 Å². The summed E-state index contributed by atoms with van der Waals surface area (Å²) in [5, 5.41) is 25.2. The Morgan fingerprint density at radius 3 is 2.28 bits per heavy atom. The number of carbonyl (C=O) groups excluding carboxylic acids is 1. The lowest BCUT2D eigenvalue weighted by molar-refractivity contribution is -0.385. The van der Waals surface area contributed by atoms with Gasteiger partial charge in [-0.15, -0.1) is 0 Å². The van der Waals surface area contributed by atoms with Crippen molar-refractivity contribution in [2.45, 2.75) is 0 Å². The van der Waals surface area contributed by atoms with Crippen LogP contribution in [0.5, 0.6) is 0 Å². The lowest BCUT2D eigenvalue weighted by Crippen LogP contribution is -2.17. The van der Waals surface area contributed by atoms with Crippen LogP contribution in [0.3, 0.4) is 0 Å². The molecule has 0 saturated carbocycles. The third-order valence-corrected chi connectivity index (χ3v) is 4.41. The van der Waals surface area contributed by atoms with Crippen LogP contribution < -0.4 is 5.43 Å². The van der Waals surface area contributed by atoms with Gasteiger partial charge in [0, 0.05) is 39.9 Å². The second-order valence-corrected chi connectivity index (χ2v) is 6.48. The van der Waals surface area contributed by atoms with Gasteiger partial charge >= 0.3 is 0 Å². The number of benzene rings is 2. The van der Waals surface area contributed by atoms with E-state index < -0.39 is 15.8 Å². The molecule has 0 fully saturated rings. The van der Waals surface area contributed by atoms with Gasteiger partial charge in [0.1, 0.15) is 11.5 Å². The Balaban J connectivity index is 1.67. The van der Waals surface area contributed by atoms with E-state index in [2.05, 4.69) is 26.5 Å². The molecule has 11 heteroatoms. The smallest absolute Gasteiger partial charge is 0.271 e. The third kappa shape index (κ3) is 4.71. The Kier molecular flexibility index (Phi) is 5.79. The molecule has 1 aromatic heterocycles. The van der Waals surface area contributed by atoms with E-state index in [-0.39, 0.29) is 16.9 Å². The lowest BCUT2D eigenvalue weighted by Gasteiger charge is -2.01. The topological polar surface area (TPSA) is 141 Å². The molecule has 0 spiro atoms. The second kappa shape index (κ2) is 8.44. The van der Waals surface area contributed by atoms with Gasteiger partial charge in [0.25, 0.3) is 17.3 Å². The Morgan fingerprint density at radius 1 is 1.00 bits per heavy atom. The highest BCUT2D eigenvalue weighted by Gasteiger charge is 2.13. The standard InChI is InChI=1S/C18H11BrN4O6/c19-16-9-13(23(27)28)5-7-15(16)17-8-6-14(29-17)10-20-21-18(24)11-1-3-12(4-2-11)22(25)26/h1-10H,(H,21,24)/b20-10-. The summed E-state index contributed by atoms with van der Waals surface area (Å²) in [5.74, 6) is 0.255. The Morgan fingerprint density at radius 2 is 1.66 bits per heavy atom. The molecule has 0 saturated heterocycles. The zero-order valence-corrected chi connectivity index (χ0v) is 16.0. The number of nitro groups is 2. The van der Waals surface area contributed by atoms with Gasteiger partial charge in [0.05, 0.1) is 16.1 Å². The van der Waals surface area contributed by atoms with Gasteiger partial charge < -0.3 is 4.42 Å². The summed E-state index contributed by atoms with van der Waals surface area (Å²) < 4.78 is 6.10. The van der Waals surface area contributed by atoms with Gasteiger partial charge in [-0.3, -0.25) is 25.0 Å². The summed E-state index contributed by atoms with van der Waals surface area (Å²) in [6.45, 7) is 0. The molecule has 1 heterocycles. The summed E-state index contributed by atoms with van der Waals surface area (Å²) >= 11 is 3.28. The number of nitro benzene ring substituents is 2. The average Bonchev–Trinajstić information content (AvgIpc) is 3.16. The number of hydrazone groups is 1. The van der Waals surface area contributed by atoms with Crippen molar-refractivity contribution in [3.8, 4) is 11.3 Å². The van der Waals surface area contributed by atoms with E-state index >= 15 is 0 Å². The summed E-state index contributed by atoms with van der Waals surface area (Å²) in [7, 11) is 0. The zero-order chi connectivity index (χ0) is 21.0. The Labute approximate surface area is 171 Å². The van der Waals surface area contributed by atoms with Crippen LogP contribution in [0.1, 0.15) is 16.1 Å². The highest BCUT2D eigenvalue weighted by atomic mass is 79.9. The van der Waals surface area contributed by atoms with Crippen LogP contribution in [0.4, 0.5) is 11.4 Å². The fraction of sp³-hybridized carbons (Fsp3) is 0. The molecule has 0 aliphatic rings. The van der Waals surface area contributed by atoms with Crippen LogP contribution in [0.2, 0.25) is 0 Å². The van der Waals surface area contributed by atoms with E-state index in [1.165, 1.54) is 42.6 Å². The number of rotatable bonds is 6. The molecule has 146 valence electrons. The molecular weight excluding hydrogens is 448 g/mol. The molecule has 0 unspecified atom stereocenters. The van der Waals surface area contributed by atoms with E-state index in [0.717, 1.165) is 0 Å². The molecule has 2 aromatic carbocycles. The molecule has 0 aliphatic carbocycles. The fourth-order valence-corrected chi connectivity index (χ4v) is 2.90. The highest BCUT2D eigenvalue weighted by molar-refractivity contribution is 9.10. The van der Waals surface area contributed by atoms with Crippen LogP contribution >= 0.6 is 15.9 Å². The minimum absolute atomic E-state index is 0.0528. The van der Waals surface area contributed by atoms with Crippen molar-refractivity contribution < 1.29 is 19.1 Å². The minimum atomic E-state index is -0.558. The second-order valence-electron chi connectivity index (χ2n) is 5.63. The van der Waals surface area contributed by atoms with Crippen LogP contribution in [0.15, 0.2) is 68.6 Å². The molecule has 0 radical (unpaired) electrons. The van der Waals surface area contributed by atoms with E-state index in [0.29, 0.717) is 21.6 Å². The lowest BCUT2D eigenvalue weighted by atomic mass is 10.1. The maximum atomic E-state index is 12.0. The predicted octanol–water partition coefficient (Wildman–Crippen LogP) is 4.29. The first-order valence-electron chi connectivity index (χ1n) is 7.97. The molecule has 0 atom stereocenters. The Hall–Kier alpha value is -3.86. The monoisotopic (exact) mass is 458 g/mol. The SMILES string of the molecule is O=C(N/N=C\c1ccc(-c2ccc([N+](=O)[O-])cc2Br)o1)c1ccc([N+](=O)[O-])cc1. The molecule has 1 N–H and O–H groups in total. The van der Waals surface area contributed by atoms with E-state index in [1.807, 2.05) is 0 Å². The molecule has 0 aliphatic heterocycles. The van der Waals surface area contributed by atoms with Crippen LogP contribution in [0.25, 0.3) is 11.3 Å². The zero-order valence-electron chi connectivity index (χ0n) is 14.4. The maximum Gasteiger partial charge on any atom is 0.271 e. The molecule has 3 aromatic rings. The molecular formula is C18H11BrN4O6. The van der Waals surface area contributed by atoms with Crippen molar-refractivity contribution in [3.05, 3.63) is 90.6 Å². The maximum absolute atomic E-state index is 12.0. The van der Waals surface area contributed by atoms with Crippen molar-refractivity contribution in [2.24, 2.45) is 5.10 Å². The minimum Gasteiger partial charge on any atom is -0.455 e. The predicted molar refractivity (Wildman–Crippen MR) is 107 cm³/mol. The first-order chi connectivity index (χ1) is 13.8. The van der Waals surface area contributed by atoms with Crippen LogP contribution in [-0.4, -0.2) is 22.0 Å². The number of non-ortho nitro benzene ring substituents is 2. The van der Waals surface area contributed by atoms with Crippen molar-refractivity contribution in [2.75, 3.05) is 0 Å². The molecule has 29 heavy (non-hydrogen) atoms. The fourth-order valence-electron chi connectivity index (χ4n) is 2.34. The number of amides is 1. The Bertz CT molecular complexity index is 1120. The van der Waals surface area contributed by atoms with Crippen molar-refractivity contribution >= 4 is 39.4 Å². The molecule has 10 nitrogen and oxygen atoms in total.